The first-order valence-electron chi connectivity index (χ1n) is 5.93. The van der Waals surface area contributed by atoms with E-state index in [1.807, 2.05) is 11.0 Å². The second-order valence-corrected chi connectivity index (χ2v) is 4.25. The van der Waals surface area contributed by atoms with E-state index >= 15 is 0 Å². The van der Waals surface area contributed by atoms with Crippen molar-refractivity contribution in [1.29, 1.82) is 5.26 Å². The molecule has 1 aromatic rings. The summed E-state index contributed by atoms with van der Waals surface area (Å²) in [6.07, 6.45) is 4.59. The van der Waals surface area contributed by atoms with Gasteiger partial charge in [0.25, 0.3) is 5.91 Å². The van der Waals surface area contributed by atoms with Crippen molar-refractivity contribution < 1.29 is 4.79 Å². The van der Waals surface area contributed by atoms with Gasteiger partial charge in [0.15, 0.2) is 0 Å². The van der Waals surface area contributed by atoms with Crippen molar-refractivity contribution >= 4 is 5.91 Å². The molecule has 1 atom stereocenters. The number of hydrogen-bond donors (Lipinski definition) is 0. The van der Waals surface area contributed by atoms with Gasteiger partial charge in [-0.25, -0.2) is 4.98 Å². The average molecular weight is 229 g/mol. The van der Waals surface area contributed by atoms with Crippen molar-refractivity contribution in [1.82, 2.24) is 9.88 Å². The van der Waals surface area contributed by atoms with E-state index in [1.165, 1.54) is 6.20 Å². The van der Waals surface area contributed by atoms with Crippen LogP contribution in [0.1, 0.15) is 42.2 Å². The monoisotopic (exact) mass is 229 g/mol. The number of hydrogen-bond acceptors (Lipinski definition) is 3. The Hall–Kier alpha value is -1.89. The molecule has 1 aromatic heterocycles. The van der Waals surface area contributed by atoms with Gasteiger partial charge >= 0.3 is 0 Å². The lowest BCUT2D eigenvalue weighted by molar-refractivity contribution is 0.0727. The van der Waals surface area contributed by atoms with Gasteiger partial charge in [-0.05, 0) is 31.4 Å². The van der Waals surface area contributed by atoms with Crippen molar-refractivity contribution in [2.75, 3.05) is 6.54 Å². The fraction of sp³-hybridized carbons (Fsp3) is 0.462. The predicted molar refractivity (Wildman–Crippen MR) is 63.3 cm³/mol. The lowest BCUT2D eigenvalue weighted by atomic mass is 10.1. The summed E-state index contributed by atoms with van der Waals surface area (Å²) in [5.74, 6) is -0.0150. The van der Waals surface area contributed by atoms with Gasteiger partial charge in [0.05, 0.1) is 5.56 Å². The maximum atomic E-state index is 12.2. The Kier molecular flexibility index (Phi) is 3.38. The SMILES string of the molecule is CCC1CCCN1C(=O)c1ccc(C#N)cn1. The minimum absolute atomic E-state index is 0.0150. The number of nitrogens with zero attached hydrogens (tertiary/aromatic N) is 3. The molecule has 4 heteroatoms. The van der Waals surface area contributed by atoms with Crippen LogP contribution in [-0.4, -0.2) is 28.4 Å². The number of likely N-dealkylation sites (tertiary alicyclic amines) is 1. The Bertz CT molecular complexity index is 447. The van der Waals surface area contributed by atoms with Gasteiger partial charge < -0.3 is 4.90 Å². The molecule has 17 heavy (non-hydrogen) atoms. The number of aromatic nitrogens is 1. The average Bonchev–Trinajstić information content (AvgIpc) is 2.86. The Morgan fingerprint density at radius 3 is 3.06 bits per heavy atom. The van der Waals surface area contributed by atoms with Gasteiger partial charge in [-0.2, -0.15) is 5.26 Å². The number of amides is 1. The quantitative estimate of drug-likeness (QED) is 0.779. The normalized spacial score (nSPS) is 19.1. The van der Waals surface area contributed by atoms with Crippen LogP contribution in [-0.2, 0) is 0 Å². The van der Waals surface area contributed by atoms with Crippen LogP contribution in [0.15, 0.2) is 18.3 Å². The molecule has 2 rings (SSSR count). The molecule has 4 nitrogen and oxygen atoms in total. The molecule has 88 valence electrons. The zero-order valence-electron chi connectivity index (χ0n) is 9.89. The highest BCUT2D eigenvalue weighted by molar-refractivity contribution is 5.92. The summed E-state index contributed by atoms with van der Waals surface area (Å²) in [6, 6.07) is 5.61. The first-order chi connectivity index (χ1) is 8.26. The summed E-state index contributed by atoms with van der Waals surface area (Å²) in [5.41, 5.74) is 0.916. The molecule has 1 aliphatic rings. The molecule has 0 saturated carbocycles. The topological polar surface area (TPSA) is 57.0 Å². The lowest BCUT2D eigenvalue weighted by Crippen LogP contribution is -2.35. The minimum atomic E-state index is -0.0150. The van der Waals surface area contributed by atoms with Crippen molar-refractivity contribution in [2.24, 2.45) is 0 Å². The number of nitriles is 1. The summed E-state index contributed by atoms with van der Waals surface area (Å²) in [6.45, 7) is 2.92. The highest BCUT2D eigenvalue weighted by atomic mass is 16.2. The van der Waals surface area contributed by atoms with Crippen LogP contribution in [0, 0.1) is 11.3 Å². The summed E-state index contributed by atoms with van der Waals surface area (Å²) in [7, 11) is 0. The summed E-state index contributed by atoms with van der Waals surface area (Å²) in [5, 5.41) is 8.67. The van der Waals surface area contributed by atoms with E-state index in [0.29, 0.717) is 17.3 Å². The molecule has 0 N–H and O–H groups in total. The third-order valence-corrected chi connectivity index (χ3v) is 3.22. The summed E-state index contributed by atoms with van der Waals surface area (Å²) >= 11 is 0. The van der Waals surface area contributed by atoms with Gasteiger partial charge in [-0.1, -0.05) is 6.92 Å². The van der Waals surface area contributed by atoms with E-state index in [-0.39, 0.29) is 5.91 Å². The van der Waals surface area contributed by atoms with E-state index in [0.717, 1.165) is 25.8 Å². The molecule has 0 radical (unpaired) electrons. The highest BCUT2D eigenvalue weighted by Gasteiger charge is 2.28. The van der Waals surface area contributed by atoms with Crippen molar-refractivity contribution in [3.63, 3.8) is 0 Å². The van der Waals surface area contributed by atoms with Gasteiger partial charge in [0, 0.05) is 18.8 Å². The smallest absolute Gasteiger partial charge is 0.272 e. The molecule has 0 spiro atoms. The van der Waals surface area contributed by atoms with Crippen molar-refractivity contribution in [2.45, 2.75) is 32.2 Å². The first-order valence-corrected chi connectivity index (χ1v) is 5.93. The maximum absolute atomic E-state index is 12.2. The fourth-order valence-electron chi connectivity index (χ4n) is 2.26. The van der Waals surface area contributed by atoms with Crippen LogP contribution in [0.2, 0.25) is 0 Å². The number of carbonyl (C=O) groups excluding carboxylic acids is 1. The molecular weight excluding hydrogens is 214 g/mol. The van der Waals surface area contributed by atoms with Crippen LogP contribution < -0.4 is 0 Å². The number of rotatable bonds is 2. The third-order valence-electron chi connectivity index (χ3n) is 3.22. The van der Waals surface area contributed by atoms with E-state index < -0.39 is 0 Å². The van der Waals surface area contributed by atoms with E-state index in [9.17, 15) is 4.79 Å². The third kappa shape index (κ3) is 2.28. The second-order valence-electron chi connectivity index (χ2n) is 4.25. The second kappa shape index (κ2) is 4.96. The van der Waals surface area contributed by atoms with Crippen LogP contribution in [0.25, 0.3) is 0 Å². The summed E-state index contributed by atoms with van der Waals surface area (Å²) < 4.78 is 0. The largest absolute Gasteiger partial charge is 0.334 e. The van der Waals surface area contributed by atoms with Crippen molar-refractivity contribution in [3.05, 3.63) is 29.6 Å². The van der Waals surface area contributed by atoms with E-state index in [4.69, 9.17) is 5.26 Å². The molecule has 0 bridgehead atoms. The molecule has 1 saturated heterocycles. The Labute approximate surface area is 101 Å². The van der Waals surface area contributed by atoms with E-state index in [2.05, 4.69) is 11.9 Å². The predicted octanol–water partition coefficient (Wildman–Crippen LogP) is 1.97. The zero-order valence-corrected chi connectivity index (χ0v) is 9.89. The molecule has 1 fully saturated rings. The standard InChI is InChI=1S/C13H15N3O/c1-2-11-4-3-7-16(11)13(17)12-6-5-10(8-14)9-15-12/h5-6,9,11H,2-4,7H2,1H3. The molecule has 0 aliphatic carbocycles. The van der Waals surface area contributed by atoms with Crippen LogP contribution in [0.5, 0.6) is 0 Å². The molecule has 0 aromatic carbocycles. The molecule has 1 aliphatic heterocycles. The van der Waals surface area contributed by atoms with Crippen molar-refractivity contribution in [3.8, 4) is 6.07 Å². The maximum Gasteiger partial charge on any atom is 0.272 e. The minimum Gasteiger partial charge on any atom is -0.334 e. The highest BCUT2D eigenvalue weighted by Crippen LogP contribution is 2.21. The number of pyridine rings is 1. The summed E-state index contributed by atoms with van der Waals surface area (Å²) in [4.78, 5) is 18.1. The molecule has 2 heterocycles. The van der Waals surface area contributed by atoms with Gasteiger partial charge in [-0.15, -0.1) is 0 Å². The van der Waals surface area contributed by atoms with Crippen LogP contribution >= 0.6 is 0 Å². The zero-order chi connectivity index (χ0) is 12.3. The van der Waals surface area contributed by atoms with Crippen LogP contribution in [0.4, 0.5) is 0 Å². The molecule has 1 unspecified atom stereocenters. The van der Waals surface area contributed by atoms with Gasteiger partial charge in [-0.3, -0.25) is 4.79 Å². The molecule has 1 amide bonds. The number of carbonyl (C=O) groups is 1. The van der Waals surface area contributed by atoms with E-state index in [1.54, 1.807) is 12.1 Å². The van der Waals surface area contributed by atoms with Gasteiger partial charge in [0.1, 0.15) is 11.8 Å². The fourth-order valence-corrected chi connectivity index (χ4v) is 2.26. The van der Waals surface area contributed by atoms with Crippen LogP contribution in [0.3, 0.4) is 0 Å². The Morgan fingerprint density at radius 2 is 2.47 bits per heavy atom. The van der Waals surface area contributed by atoms with Gasteiger partial charge in [0.2, 0.25) is 0 Å². The lowest BCUT2D eigenvalue weighted by Gasteiger charge is -2.23. The Morgan fingerprint density at radius 1 is 1.65 bits per heavy atom. The first kappa shape index (κ1) is 11.6. The Balaban J connectivity index is 2.16. The molecular formula is C13H15N3O.